The minimum absolute atomic E-state index is 0.169. The van der Waals surface area contributed by atoms with Crippen LogP contribution in [-0.2, 0) is 36.1 Å². The van der Waals surface area contributed by atoms with Gasteiger partial charge in [0.1, 0.15) is 0 Å². The van der Waals surface area contributed by atoms with Crippen molar-refractivity contribution in [2.24, 2.45) is 5.41 Å². The monoisotopic (exact) mass is 446 g/mol. The van der Waals surface area contributed by atoms with E-state index >= 15 is 0 Å². The predicted molar refractivity (Wildman–Crippen MR) is 103 cm³/mol. The van der Waals surface area contributed by atoms with E-state index in [0.717, 1.165) is 19.0 Å². The molecule has 10 nitrogen and oxygen atoms in total. The van der Waals surface area contributed by atoms with Gasteiger partial charge in [0.2, 0.25) is 0 Å². The van der Waals surface area contributed by atoms with Gasteiger partial charge >= 0.3 is 23.9 Å². The van der Waals surface area contributed by atoms with E-state index in [9.17, 15) is 9.13 Å². The quantitative estimate of drug-likeness (QED) is 0.293. The van der Waals surface area contributed by atoms with E-state index in [1.165, 1.54) is 6.66 Å². The zero-order valence-corrected chi connectivity index (χ0v) is 19.3. The standard InChI is InChI=1S/C14H32N2O8P2Si/c1-19-27(4,20-2)9-5-6-15-7-8-16-26(18)23-12-14(13-24-26)10-21-25(3,17)22-11-14/h15H,5-13H2,1-4H3,(H,16,18). The van der Waals surface area contributed by atoms with Gasteiger partial charge in [-0.15, -0.1) is 0 Å². The van der Waals surface area contributed by atoms with E-state index in [0.29, 0.717) is 13.1 Å². The van der Waals surface area contributed by atoms with Gasteiger partial charge in [0, 0.05) is 34.0 Å². The topological polar surface area (TPSA) is 114 Å². The second-order valence-corrected chi connectivity index (χ2v) is 14.6. The number of hydrogen-bond donors (Lipinski definition) is 2. The lowest BCUT2D eigenvalue weighted by Gasteiger charge is -2.42. The molecule has 2 aliphatic rings. The van der Waals surface area contributed by atoms with Gasteiger partial charge in [-0.25, -0.2) is 9.65 Å². The first-order valence-corrected chi connectivity index (χ1v) is 15.0. The molecule has 27 heavy (non-hydrogen) atoms. The van der Waals surface area contributed by atoms with Gasteiger partial charge in [-0.1, -0.05) is 0 Å². The predicted octanol–water partition coefficient (Wildman–Crippen LogP) is 1.93. The Morgan fingerprint density at radius 2 is 1.52 bits per heavy atom. The van der Waals surface area contributed by atoms with Gasteiger partial charge in [-0.3, -0.25) is 13.6 Å². The van der Waals surface area contributed by atoms with E-state index in [1.807, 2.05) is 6.55 Å². The van der Waals surface area contributed by atoms with Crippen molar-refractivity contribution in [3.8, 4) is 0 Å². The third kappa shape index (κ3) is 7.28. The third-order valence-electron chi connectivity index (χ3n) is 4.75. The van der Waals surface area contributed by atoms with E-state index in [-0.39, 0.29) is 26.4 Å². The lowest BCUT2D eigenvalue weighted by atomic mass is 9.93. The van der Waals surface area contributed by atoms with Crippen molar-refractivity contribution in [1.82, 2.24) is 10.4 Å². The normalized spacial score (nSPS) is 34.8. The summed E-state index contributed by atoms with van der Waals surface area (Å²) in [6.07, 6.45) is 0.943. The fourth-order valence-corrected chi connectivity index (χ4v) is 6.61. The molecule has 2 fully saturated rings. The Labute approximate surface area is 162 Å². The molecule has 0 saturated carbocycles. The van der Waals surface area contributed by atoms with Crippen LogP contribution < -0.4 is 10.4 Å². The molecule has 2 aliphatic heterocycles. The molecule has 0 unspecified atom stereocenters. The molecule has 160 valence electrons. The molecule has 2 N–H and O–H groups in total. The van der Waals surface area contributed by atoms with Gasteiger partial charge < -0.3 is 23.2 Å². The van der Waals surface area contributed by atoms with Gasteiger partial charge in [-0.2, -0.15) is 0 Å². The highest BCUT2D eigenvalue weighted by Gasteiger charge is 2.47. The molecule has 0 aromatic carbocycles. The number of nitrogens with one attached hydrogen (secondary N) is 2. The fourth-order valence-electron chi connectivity index (χ4n) is 2.60. The van der Waals surface area contributed by atoms with Crippen LogP contribution in [0, 0.1) is 5.41 Å². The molecule has 0 aromatic heterocycles. The van der Waals surface area contributed by atoms with Crippen LogP contribution in [0.5, 0.6) is 0 Å². The maximum Gasteiger partial charge on any atom is 0.405 e. The molecular formula is C14H32N2O8P2Si. The summed E-state index contributed by atoms with van der Waals surface area (Å²) in [5, 5.41) is 6.11. The maximum absolute atomic E-state index is 12.5. The first-order valence-electron chi connectivity index (χ1n) is 8.97. The lowest BCUT2D eigenvalue weighted by molar-refractivity contribution is -0.0692. The fraction of sp³-hybridized carbons (Fsp3) is 1.00. The Bertz CT molecular complexity index is 551. The summed E-state index contributed by atoms with van der Waals surface area (Å²) < 4.78 is 56.5. The summed E-state index contributed by atoms with van der Waals surface area (Å²) >= 11 is 0. The van der Waals surface area contributed by atoms with E-state index in [4.69, 9.17) is 26.9 Å². The molecular weight excluding hydrogens is 414 g/mol. The van der Waals surface area contributed by atoms with Crippen LogP contribution in [0.2, 0.25) is 12.6 Å². The Kier molecular flexibility index (Phi) is 8.67. The molecule has 2 heterocycles. The minimum Gasteiger partial charge on any atom is -0.398 e. The van der Waals surface area contributed by atoms with Gasteiger partial charge in [0.25, 0.3) is 0 Å². The Morgan fingerprint density at radius 3 is 2.07 bits per heavy atom. The van der Waals surface area contributed by atoms with E-state index in [1.54, 1.807) is 14.2 Å². The maximum atomic E-state index is 12.5. The highest BCUT2D eigenvalue weighted by atomic mass is 31.2. The summed E-state index contributed by atoms with van der Waals surface area (Å²) in [7, 11) is -4.95. The zero-order valence-electron chi connectivity index (χ0n) is 16.5. The first-order chi connectivity index (χ1) is 12.7. The average Bonchev–Trinajstić information content (AvgIpc) is 2.66. The smallest absolute Gasteiger partial charge is 0.398 e. The van der Waals surface area contributed by atoms with Crippen molar-refractivity contribution in [3.05, 3.63) is 0 Å². The molecule has 1 spiro atoms. The number of hydrogen-bond acceptors (Lipinski definition) is 9. The zero-order chi connectivity index (χ0) is 20.0. The summed E-state index contributed by atoms with van der Waals surface area (Å²) in [5.41, 5.74) is -0.559. The van der Waals surface area contributed by atoms with Crippen molar-refractivity contribution in [2.45, 2.75) is 19.0 Å². The molecule has 0 aliphatic carbocycles. The van der Waals surface area contributed by atoms with Crippen LogP contribution in [-0.4, -0.2) is 75.5 Å². The SMILES string of the molecule is CO[Si](C)(CCCNCCNP1(=O)OCC2(COP(C)(=O)OC2)CO1)OC. The Balaban J connectivity index is 1.59. The van der Waals surface area contributed by atoms with Crippen molar-refractivity contribution in [1.29, 1.82) is 0 Å². The molecule has 0 bridgehead atoms. The van der Waals surface area contributed by atoms with Crippen LogP contribution >= 0.6 is 15.3 Å². The molecule has 2 saturated heterocycles. The molecule has 2 rings (SSSR count). The summed E-state index contributed by atoms with van der Waals surface area (Å²) in [6.45, 7) is 6.10. The average molecular weight is 446 g/mol. The van der Waals surface area contributed by atoms with Crippen LogP contribution in [0.1, 0.15) is 6.42 Å². The van der Waals surface area contributed by atoms with E-state index in [2.05, 4.69) is 10.4 Å². The summed E-state index contributed by atoms with van der Waals surface area (Å²) in [5.74, 6) is 0. The lowest BCUT2D eigenvalue weighted by Crippen LogP contribution is -2.46. The molecule has 0 atom stereocenters. The third-order valence-corrected chi connectivity index (χ3v) is 10.5. The Morgan fingerprint density at radius 1 is 0.963 bits per heavy atom. The number of rotatable bonds is 10. The molecule has 0 amide bonds. The first kappa shape index (κ1) is 23.6. The summed E-state index contributed by atoms with van der Waals surface area (Å²) in [6, 6.07) is 0.905. The molecule has 0 aromatic rings. The second kappa shape index (κ2) is 9.91. The van der Waals surface area contributed by atoms with Gasteiger partial charge in [0.05, 0.1) is 31.8 Å². The summed E-state index contributed by atoms with van der Waals surface area (Å²) in [4.78, 5) is 0. The highest BCUT2D eigenvalue weighted by Crippen LogP contribution is 2.55. The Hall–Kier alpha value is 0.357. The van der Waals surface area contributed by atoms with Gasteiger partial charge in [0.15, 0.2) is 0 Å². The van der Waals surface area contributed by atoms with E-state index < -0.39 is 29.3 Å². The largest absolute Gasteiger partial charge is 0.405 e. The minimum atomic E-state index is -3.33. The van der Waals surface area contributed by atoms with Crippen molar-refractivity contribution in [3.63, 3.8) is 0 Å². The highest BCUT2D eigenvalue weighted by molar-refractivity contribution is 7.53. The van der Waals surface area contributed by atoms with Crippen LogP contribution in [0.15, 0.2) is 0 Å². The van der Waals surface area contributed by atoms with Crippen molar-refractivity contribution in [2.75, 3.05) is 66.9 Å². The van der Waals surface area contributed by atoms with Crippen LogP contribution in [0.25, 0.3) is 0 Å². The van der Waals surface area contributed by atoms with Crippen LogP contribution in [0.4, 0.5) is 0 Å². The van der Waals surface area contributed by atoms with Gasteiger partial charge in [-0.05, 0) is 25.6 Å². The molecule has 0 radical (unpaired) electrons. The van der Waals surface area contributed by atoms with Crippen LogP contribution in [0.3, 0.4) is 0 Å². The molecule has 13 heteroatoms. The van der Waals surface area contributed by atoms with Crippen molar-refractivity contribution < 1.29 is 36.1 Å². The second-order valence-electron chi connectivity index (χ2n) is 7.17. The van der Waals surface area contributed by atoms with Crippen molar-refractivity contribution >= 4 is 23.9 Å².